The summed E-state index contributed by atoms with van der Waals surface area (Å²) in [5, 5.41) is 9.10. The molecule has 3 aliphatic heterocycles. The van der Waals surface area contributed by atoms with Gasteiger partial charge in [0.2, 0.25) is 5.95 Å². The van der Waals surface area contributed by atoms with Gasteiger partial charge >= 0.3 is 5.97 Å². The Hall–Kier alpha value is -2.06. The van der Waals surface area contributed by atoms with E-state index in [1.165, 1.54) is 0 Å². The van der Waals surface area contributed by atoms with Crippen LogP contribution in [0.1, 0.15) is 37.4 Å². The molecule has 9 heteroatoms. The van der Waals surface area contributed by atoms with Gasteiger partial charge in [-0.1, -0.05) is 0 Å². The molecule has 1 unspecified atom stereocenters. The summed E-state index contributed by atoms with van der Waals surface area (Å²) >= 11 is 0. The Morgan fingerprint density at radius 3 is 2.57 bits per heavy atom. The molecule has 152 valence electrons. The molecule has 2 bridgehead atoms. The van der Waals surface area contributed by atoms with Crippen molar-refractivity contribution in [2.75, 3.05) is 29.4 Å². The predicted molar refractivity (Wildman–Crippen MR) is 95.5 cm³/mol. The second-order valence-corrected chi connectivity index (χ2v) is 8.71. The first-order valence-corrected chi connectivity index (χ1v) is 9.91. The second-order valence-electron chi connectivity index (χ2n) is 8.71. The van der Waals surface area contributed by atoms with Gasteiger partial charge in [-0.3, -0.25) is 4.79 Å². The predicted octanol–water partition coefficient (Wildman–Crippen LogP) is 2.61. The fourth-order valence-corrected chi connectivity index (χ4v) is 5.31. The van der Waals surface area contributed by atoms with E-state index in [4.69, 9.17) is 5.11 Å². The van der Waals surface area contributed by atoms with Crippen LogP contribution in [-0.4, -0.2) is 52.9 Å². The van der Waals surface area contributed by atoms with Crippen molar-refractivity contribution in [2.24, 2.45) is 17.8 Å². The molecule has 0 radical (unpaired) electrons. The zero-order valence-corrected chi connectivity index (χ0v) is 15.6. The van der Waals surface area contributed by atoms with E-state index in [2.05, 4.69) is 9.97 Å². The van der Waals surface area contributed by atoms with Crippen LogP contribution in [0.2, 0.25) is 0 Å². The lowest BCUT2D eigenvalue weighted by molar-refractivity contribution is -0.141. The van der Waals surface area contributed by atoms with Gasteiger partial charge in [-0.25, -0.2) is 9.37 Å². The van der Waals surface area contributed by atoms with Crippen molar-refractivity contribution in [3.8, 4) is 0 Å². The third-order valence-corrected chi connectivity index (χ3v) is 7.09. The third-order valence-electron chi connectivity index (χ3n) is 7.09. The molecule has 4 heterocycles. The van der Waals surface area contributed by atoms with Gasteiger partial charge in [0.1, 0.15) is 17.7 Å². The van der Waals surface area contributed by atoms with Crippen molar-refractivity contribution in [1.82, 2.24) is 9.97 Å². The van der Waals surface area contributed by atoms with Gasteiger partial charge < -0.3 is 14.9 Å². The molecule has 6 rings (SSSR count). The number of piperidine rings is 2. The first kappa shape index (κ1) is 18.0. The fourth-order valence-electron chi connectivity index (χ4n) is 5.31. The Kier molecular flexibility index (Phi) is 3.84. The lowest BCUT2D eigenvalue weighted by Gasteiger charge is -2.54. The van der Waals surface area contributed by atoms with Crippen molar-refractivity contribution < 1.29 is 23.1 Å². The highest BCUT2D eigenvalue weighted by atomic mass is 19.3. The molecule has 6 nitrogen and oxygen atoms in total. The van der Waals surface area contributed by atoms with E-state index in [1.54, 1.807) is 11.8 Å². The first-order valence-electron chi connectivity index (χ1n) is 9.91. The molecule has 0 amide bonds. The molecule has 1 N–H and O–H groups in total. The van der Waals surface area contributed by atoms with E-state index >= 15 is 0 Å². The van der Waals surface area contributed by atoms with Crippen LogP contribution in [0.4, 0.5) is 24.9 Å². The van der Waals surface area contributed by atoms with Crippen molar-refractivity contribution >= 4 is 17.7 Å². The Morgan fingerprint density at radius 2 is 1.96 bits per heavy atom. The molecular weight excluding hydrogens is 373 g/mol. The molecule has 4 fully saturated rings. The summed E-state index contributed by atoms with van der Waals surface area (Å²) in [4.78, 5) is 23.5. The number of carbonyl (C=O) groups is 1. The first-order chi connectivity index (χ1) is 13.2. The smallest absolute Gasteiger partial charge is 0.303 e. The average Bonchev–Trinajstić information content (AvgIpc) is 2.98. The number of aliphatic carboxylic acids is 1. The summed E-state index contributed by atoms with van der Waals surface area (Å²) in [5.74, 6) is -2.39. The summed E-state index contributed by atoms with van der Waals surface area (Å²) < 4.78 is 42.5. The van der Waals surface area contributed by atoms with Gasteiger partial charge in [0, 0.05) is 31.5 Å². The molecule has 5 aliphatic rings. The van der Waals surface area contributed by atoms with E-state index in [-0.39, 0.29) is 55.2 Å². The number of fused-ring (bicyclic) bond motifs is 3. The minimum atomic E-state index is -2.99. The van der Waals surface area contributed by atoms with Gasteiger partial charge in [-0.2, -0.15) is 13.8 Å². The highest BCUT2D eigenvalue weighted by Gasteiger charge is 2.50. The number of hydrogen-bond acceptors (Lipinski definition) is 5. The van der Waals surface area contributed by atoms with Gasteiger partial charge in [-0.15, -0.1) is 0 Å². The van der Waals surface area contributed by atoms with Gasteiger partial charge in [0.15, 0.2) is 0 Å². The summed E-state index contributed by atoms with van der Waals surface area (Å²) in [6, 6.07) is -0.421. The molecule has 1 aromatic heterocycles. The van der Waals surface area contributed by atoms with Gasteiger partial charge in [-0.05, 0) is 37.5 Å². The van der Waals surface area contributed by atoms with Crippen molar-refractivity contribution in [3.05, 3.63) is 11.3 Å². The van der Waals surface area contributed by atoms with Crippen LogP contribution in [-0.2, 0) is 17.1 Å². The lowest BCUT2D eigenvalue weighted by Crippen LogP contribution is -2.58. The normalized spacial score (nSPS) is 35.2. The number of anilines is 2. The summed E-state index contributed by atoms with van der Waals surface area (Å²) in [6.45, 7) is 3.08. The quantitative estimate of drug-likeness (QED) is 0.844. The minimum Gasteiger partial charge on any atom is -0.481 e. The van der Waals surface area contributed by atoms with E-state index < -0.39 is 24.1 Å². The number of rotatable bonds is 4. The Bertz CT molecular complexity index is 824. The van der Waals surface area contributed by atoms with Crippen molar-refractivity contribution in [2.45, 2.75) is 50.7 Å². The maximum atomic E-state index is 14.4. The summed E-state index contributed by atoms with van der Waals surface area (Å²) in [5.41, 5.74) is 0.276. The number of alkyl halides is 3. The number of hydrogen-bond donors (Lipinski definition) is 1. The van der Waals surface area contributed by atoms with Crippen LogP contribution in [0.5, 0.6) is 0 Å². The molecule has 5 atom stereocenters. The molecule has 2 aliphatic carbocycles. The van der Waals surface area contributed by atoms with Gasteiger partial charge in [0.25, 0.3) is 5.92 Å². The number of aromatic nitrogens is 2. The number of carboxylic acid groups (broad SMARTS) is 1. The zero-order valence-electron chi connectivity index (χ0n) is 15.6. The van der Waals surface area contributed by atoms with Crippen molar-refractivity contribution in [1.29, 1.82) is 0 Å². The Labute approximate surface area is 160 Å². The van der Waals surface area contributed by atoms with E-state index in [9.17, 15) is 18.0 Å². The highest BCUT2D eigenvalue weighted by Crippen LogP contribution is 2.50. The SMILES string of the molecule is C[C@H]1C(F)CN1c1nc(N2C[C@H]3C[C@@H](C2)[C@@H]3CC(=O)O)c2c(n1)C(F)(F)CC2. The van der Waals surface area contributed by atoms with Crippen LogP contribution in [0.3, 0.4) is 0 Å². The monoisotopic (exact) mass is 396 g/mol. The largest absolute Gasteiger partial charge is 0.481 e. The molecular formula is C19H23F3N4O2. The van der Waals surface area contributed by atoms with Crippen molar-refractivity contribution in [3.63, 3.8) is 0 Å². The molecule has 28 heavy (non-hydrogen) atoms. The number of nitrogens with zero attached hydrogens (tertiary/aromatic N) is 4. The van der Waals surface area contributed by atoms with Crippen LogP contribution in [0.15, 0.2) is 0 Å². The zero-order chi connectivity index (χ0) is 19.8. The molecule has 0 spiro atoms. The second kappa shape index (κ2) is 5.97. The topological polar surface area (TPSA) is 69.6 Å². The van der Waals surface area contributed by atoms with E-state index in [0.29, 0.717) is 24.5 Å². The Morgan fingerprint density at radius 1 is 1.25 bits per heavy atom. The number of carboxylic acids is 1. The van der Waals surface area contributed by atoms with Crippen LogP contribution >= 0.6 is 0 Å². The molecule has 3 saturated heterocycles. The number of halogens is 3. The van der Waals surface area contributed by atoms with Crippen LogP contribution < -0.4 is 9.80 Å². The molecule has 0 aromatic carbocycles. The van der Waals surface area contributed by atoms with Gasteiger partial charge in [0.05, 0.1) is 12.6 Å². The van der Waals surface area contributed by atoms with E-state index in [1.807, 2.05) is 4.90 Å². The lowest BCUT2D eigenvalue weighted by atomic mass is 9.60. The Balaban J connectivity index is 1.47. The van der Waals surface area contributed by atoms with Crippen LogP contribution in [0, 0.1) is 17.8 Å². The maximum Gasteiger partial charge on any atom is 0.303 e. The minimum absolute atomic E-state index is 0.122. The summed E-state index contributed by atoms with van der Waals surface area (Å²) in [6.07, 6.45) is 0.0932. The third kappa shape index (κ3) is 2.58. The average molecular weight is 396 g/mol. The molecule has 1 saturated carbocycles. The fraction of sp³-hybridized carbons (Fsp3) is 0.737. The summed E-state index contributed by atoms with van der Waals surface area (Å²) in [7, 11) is 0. The molecule has 1 aromatic rings. The standard InChI is InChI=1S/C19H23F3N4O2/c1-9-14(20)8-26(9)18-23-16-12(2-3-19(16,21)22)17(24-18)25-6-10-4-11(7-25)13(10)5-15(27)28/h9-11,13-14H,2-8H2,1H3,(H,27,28)/t9-,10-,11+,13-,14?/m0/s1. The maximum absolute atomic E-state index is 14.4. The highest BCUT2D eigenvalue weighted by molar-refractivity contribution is 5.67. The van der Waals surface area contributed by atoms with Crippen LogP contribution in [0.25, 0.3) is 0 Å². The van der Waals surface area contributed by atoms with E-state index in [0.717, 1.165) is 6.42 Å².